The molecule has 0 aliphatic carbocycles. The fourth-order valence-electron chi connectivity index (χ4n) is 2.48. The maximum atomic E-state index is 13.8. The van der Waals surface area contributed by atoms with Crippen LogP contribution in [0.15, 0.2) is 57.5 Å². The molecule has 0 fully saturated rings. The van der Waals surface area contributed by atoms with Crippen molar-refractivity contribution in [2.45, 2.75) is 20.0 Å². The molecule has 3 rings (SSSR count). The third-order valence-electron chi connectivity index (χ3n) is 3.82. The minimum absolute atomic E-state index is 0.304. The normalized spacial score (nSPS) is 11.8. The SMILES string of the molecule is Cc1noc(-c2ccc(Br)cc2)c1NC(=O)O[C@H](C)c1ccccc1F. The van der Waals surface area contributed by atoms with Gasteiger partial charge in [-0.3, -0.25) is 5.32 Å². The van der Waals surface area contributed by atoms with Gasteiger partial charge in [-0.1, -0.05) is 39.3 Å². The summed E-state index contributed by atoms with van der Waals surface area (Å²) in [6, 6.07) is 13.5. The largest absolute Gasteiger partial charge is 0.441 e. The Morgan fingerprint density at radius 1 is 1.23 bits per heavy atom. The average Bonchev–Trinajstić information content (AvgIpc) is 2.96. The lowest BCUT2D eigenvalue weighted by Crippen LogP contribution is -2.17. The Morgan fingerprint density at radius 3 is 2.62 bits per heavy atom. The summed E-state index contributed by atoms with van der Waals surface area (Å²) < 4.78 is 25.4. The third-order valence-corrected chi connectivity index (χ3v) is 4.35. The molecule has 0 spiro atoms. The van der Waals surface area contributed by atoms with E-state index in [1.165, 1.54) is 6.07 Å². The number of ether oxygens (including phenoxy) is 1. The molecule has 0 saturated heterocycles. The Kier molecular flexibility index (Phi) is 5.37. The monoisotopic (exact) mass is 418 g/mol. The summed E-state index contributed by atoms with van der Waals surface area (Å²) in [7, 11) is 0. The maximum absolute atomic E-state index is 13.8. The van der Waals surface area contributed by atoms with E-state index < -0.39 is 18.0 Å². The topological polar surface area (TPSA) is 64.4 Å². The van der Waals surface area contributed by atoms with Crippen molar-refractivity contribution in [2.75, 3.05) is 5.32 Å². The molecule has 26 heavy (non-hydrogen) atoms. The van der Waals surface area contributed by atoms with Gasteiger partial charge in [-0.2, -0.15) is 0 Å². The van der Waals surface area contributed by atoms with Gasteiger partial charge in [-0.15, -0.1) is 0 Å². The maximum Gasteiger partial charge on any atom is 0.412 e. The standard InChI is InChI=1S/C19H16BrFN2O3/c1-11-17(18(26-23-11)13-7-9-14(20)10-8-13)22-19(24)25-12(2)15-5-3-4-6-16(15)21/h3-10,12H,1-2H3,(H,22,24)/t12-/m1/s1. The number of carbonyl (C=O) groups excluding carboxylic acids is 1. The Hall–Kier alpha value is -2.67. The first-order valence-electron chi connectivity index (χ1n) is 7.90. The van der Waals surface area contributed by atoms with E-state index in [-0.39, 0.29) is 0 Å². The van der Waals surface area contributed by atoms with Crippen molar-refractivity contribution in [1.82, 2.24) is 5.16 Å². The fraction of sp³-hybridized carbons (Fsp3) is 0.158. The van der Waals surface area contributed by atoms with E-state index in [2.05, 4.69) is 26.4 Å². The number of nitrogens with one attached hydrogen (secondary N) is 1. The Bertz CT molecular complexity index is 925. The molecule has 1 amide bonds. The van der Waals surface area contributed by atoms with E-state index >= 15 is 0 Å². The molecule has 134 valence electrons. The third kappa shape index (κ3) is 3.94. The van der Waals surface area contributed by atoms with E-state index in [0.717, 1.165) is 10.0 Å². The highest BCUT2D eigenvalue weighted by molar-refractivity contribution is 9.10. The highest BCUT2D eigenvalue weighted by Gasteiger charge is 2.20. The van der Waals surface area contributed by atoms with Crippen molar-refractivity contribution in [2.24, 2.45) is 0 Å². The average molecular weight is 419 g/mol. The summed E-state index contributed by atoms with van der Waals surface area (Å²) in [6.45, 7) is 3.32. The second-order valence-electron chi connectivity index (χ2n) is 5.67. The second-order valence-corrected chi connectivity index (χ2v) is 6.59. The van der Waals surface area contributed by atoms with Crippen LogP contribution in [0.3, 0.4) is 0 Å². The van der Waals surface area contributed by atoms with Gasteiger partial charge in [0.25, 0.3) is 0 Å². The number of hydrogen-bond donors (Lipinski definition) is 1. The van der Waals surface area contributed by atoms with Crippen LogP contribution in [0.5, 0.6) is 0 Å². The Morgan fingerprint density at radius 2 is 1.92 bits per heavy atom. The zero-order valence-electron chi connectivity index (χ0n) is 14.1. The summed E-state index contributed by atoms with van der Waals surface area (Å²) in [5, 5.41) is 6.54. The van der Waals surface area contributed by atoms with E-state index in [1.54, 1.807) is 32.0 Å². The zero-order valence-corrected chi connectivity index (χ0v) is 15.7. The molecule has 5 nitrogen and oxygen atoms in total. The van der Waals surface area contributed by atoms with Gasteiger partial charge < -0.3 is 9.26 Å². The molecule has 7 heteroatoms. The molecule has 0 aliphatic rings. The van der Waals surface area contributed by atoms with Gasteiger partial charge in [-0.05, 0) is 44.2 Å². The van der Waals surface area contributed by atoms with Crippen LogP contribution in [0.4, 0.5) is 14.9 Å². The number of benzene rings is 2. The first-order chi connectivity index (χ1) is 12.5. The number of aromatic nitrogens is 1. The minimum Gasteiger partial charge on any atom is -0.441 e. The van der Waals surface area contributed by atoms with E-state index in [9.17, 15) is 9.18 Å². The molecule has 1 aromatic heterocycles. The van der Waals surface area contributed by atoms with Crippen molar-refractivity contribution >= 4 is 27.7 Å². The van der Waals surface area contributed by atoms with Crippen LogP contribution >= 0.6 is 15.9 Å². The van der Waals surface area contributed by atoms with Crippen LogP contribution in [-0.4, -0.2) is 11.2 Å². The number of halogens is 2. The van der Waals surface area contributed by atoms with Gasteiger partial charge in [0.15, 0.2) is 5.76 Å². The van der Waals surface area contributed by atoms with Gasteiger partial charge in [-0.25, -0.2) is 9.18 Å². The Labute approximate surface area is 158 Å². The number of hydrogen-bond acceptors (Lipinski definition) is 4. The smallest absolute Gasteiger partial charge is 0.412 e. The Balaban J connectivity index is 1.77. The summed E-state index contributed by atoms with van der Waals surface area (Å²) in [4.78, 5) is 12.3. The molecule has 1 N–H and O–H groups in total. The molecule has 0 bridgehead atoms. The molecular weight excluding hydrogens is 403 g/mol. The quantitative estimate of drug-likeness (QED) is 0.575. The first-order valence-corrected chi connectivity index (χ1v) is 8.69. The van der Waals surface area contributed by atoms with Crippen molar-refractivity contribution in [3.8, 4) is 11.3 Å². The lowest BCUT2D eigenvalue weighted by molar-refractivity contribution is 0.119. The number of amides is 1. The summed E-state index contributed by atoms with van der Waals surface area (Å²) in [6.07, 6.45) is -1.46. The van der Waals surface area contributed by atoms with Crippen molar-refractivity contribution in [1.29, 1.82) is 0 Å². The number of carbonyl (C=O) groups is 1. The van der Waals surface area contributed by atoms with Crippen LogP contribution < -0.4 is 5.32 Å². The highest BCUT2D eigenvalue weighted by atomic mass is 79.9. The van der Waals surface area contributed by atoms with Crippen LogP contribution in [0.25, 0.3) is 11.3 Å². The minimum atomic E-state index is -0.743. The molecule has 0 unspecified atom stereocenters. The van der Waals surface area contributed by atoms with Crippen LogP contribution in [0.2, 0.25) is 0 Å². The molecule has 0 radical (unpaired) electrons. The fourth-order valence-corrected chi connectivity index (χ4v) is 2.74. The molecule has 1 atom stereocenters. The second kappa shape index (κ2) is 7.70. The molecule has 1 heterocycles. The van der Waals surface area contributed by atoms with E-state index in [1.807, 2.05) is 24.3 Å². The zero-order chi connectivity index (χ0) is 18.7. The molecule has 3 aromatic rings. The van der Waals surface area contributed by atoms with E-state index in [0.29, 0.717) is 22.7 Å². The molecular formula is C19H16BrFN2O3. The number of rotatable bonds is 4. The van der Waals surface area contributed by atoms with Crippen molar-refractivity contribution < 1.29 is 18.4 Å². The van der Waals surface area contributed by atoms with Crippen molar-refractivity contribution in [3.63, 3.8) is 0 Å². The molecule has 2 aromatic carbocycles. The van der Waals surface area contributed by atoms with Gasteiger partial charge in [0.2, 0.25) is 0 Å². The van der Waals surface area contributed by atoms with Crippen LogP contribution in [0, 0.1) is 12.7 Å². The predicted molar refractivity (Wildman–Crippen MR) is 99.3 cm³/mol. The van der Waals surface area contributed by atoms with Gasteiger partial charge in [0.1, 0.15) is 23.3 Å². The van der Waals surface area contributed by atoms with Crippen LogP contribution in [0.1, 0.15) is 24.3 Å². The number of nitrogens with zero attached hydrogens (tertiary/aromatic N) is 1. The summed E-state index contributed by atoms with van der Waals surface area (Å²) >= 11 is 3.37. The van der Waals surface area contributed by atoms with E-state index in [4.69, 9.17) is 9.26 Å². The lowest BCUT2D eigenvalue weighted by Gasteiger charge is -2.15. The first kappa shape index (κ1) is 18.1. The van der Waals surface area contributed by atoms with Gasteiger partial charge >= 0.3 is 6.09 Å². The predicted octanol–water partition coefficient (Wildman–Crippen LogP) is 5.86. The van der Waals surface area contributed by atoms with Gasteiger partial charge in [0, 0.05) is 15.6 Å². The van der Waals surface area contributed by atoms with Crippen molar-refractivity contribution in [3.05, 3.63) is 70.1 Å². The lowest BCUT2D eigenvalue weighted by atomic mass is 10.1. The molecule has 0 saturated carbocycles. The summed E-state index contributed by atoms with van der Waals surface area (Å²) in [5.41, 5.74) is 1.99. The molecule has 0 aliphatic heterocycles. The number of anilines is 1. The van der Waals surface area contributed by atoms with Gasteiger partial charge in [0.05, 0.1) is 0 Å². The summed E-state index contributed by atoms with van der Waals surface area (Å²) in [5.74, 6) is -0.00463. The number of aryl methyl sites for hydroxylation is 1. The highest BCUT2D eigenvalue weighted by Crippen LogP contribution is 2.32. The van der Waals surface area contributed by atoms with Crippen LogP contribution in [-0.2, 0) is 4.74 Å².